The first-order chi connectivity index (χ1) is 14.1. The predicted molar refractivity (Wildman–Crippen MR) is 95.9 cm³/mol. The van der Waals surface area contributed by atoms with Crippen LogP contribution in [0.4, 0.5) is 24.9 Å². The summed E-state index contributed by atoms with van der Waals surface area (Å²) in [6.07, 6.45) is -3.79. The number of carbonyl (C=O) groups excluding carboxylic acids is 2. The molecule has 2 aromatic heterocycles. The van der Waals surface area contributed by atoms with Crippen LogP contribution in [0.1, 0.15) is 27.5 Å². The monoisotopic (exact) mass is 424 g/mol. The molecular formula is C18H15F3N4O5. The topological polar surface area (TPSA) is 119 Å². The van der Waals surface area contributed by atoms with Crippen LogP contribution in [0.25, 0.3) is 0 Å². The Morgan fingerprint density at radius 1 is 1.13 bits per heavy atom. The van der Waals surface area contributed by atoms with Gasteiger partial charge in [-0.05, 0) is 38.1 Å². The van der Waals surface area contributed by atoms with E-state index < -0.39 is 23.9 Å². The highest BCUT2D eigenvalue weighted by Crippen LogP contribution is 2.24. The number of anilines is 2. The number of alkyl halides is 3. The van der Waals surface area contributed by atoms with Gasteiger partial charge in [-0.15, -0.1) is 13.2 Å². The normalized spacial score (nSPS) is 11.2. The number of aromatic nitrogens is 2. The molecule has 3 aromatic rings. The fourth-order valence-electron chi connectivity index (χ4n) is 2.45. The third kappa shape index (κ3) is 5.37. The van der Waals surface area contributed by atoms with E-state index in [1.807, 2.05) is 0 Å². The lowest BCUT2D eigenvalue weighted by Gasteiger charge is -2.09. The molecule has 0 fully saturated rings. The van der Waals surface area contributed by atoms with Gasteiger partial charge in [0.2, 0.25) is 5.91 Å². The quantitative estimate of drug-likeness (QED) is 0.620. The van der Waals surface area contributed by atoms with Crippen molar-refractivity contribution < 1.29 is 36.4 Å². The van der Waals surface area contributed by atoms with Gasteiger partial charge in [0.1, 0.15) is 17.8 Å². The second-order valence-corrected chi connectivity index (χ2v) is 6.09. The van der Waals surface area contributed by atoms with Gasteiger partial charge in [0.05, 0.1) is 12.1 Å². The summed E-state index contributed by atoms with van der Waals surface area (Å²) in [5, 5.41) is 8.60. The first-order valence-corrected chi connectivity index (χ1v) is 8.45. The Kier molecular flexibility index (Phi) is 5.76. The zero-order valence-electron chi connectivity index (χ0n) is 15.7. The predicted octanol–water partition coefficient (Wildman–Crippen LogP) is 3.61. The van der Waals surface area contributed by atoms with Crippen LogP contribution >= 0.6 is 0 Å². The van der Waals surface area contributed by atoms with Gasteiger partial charge in [0.25, 0.3) is 5.91 Å². The molecule has 0 aliphatic heterocycles. The van der Waals surface area contributed by atoms with Gasteiger partial charge < -0.3 is 19.0 Å². The number of halogens is 3. The van der Waals surface area contributed by atoms with Gasteiger partial charge in [-0.25, -0.2) is 0 Å². The minimum atomic E-state index is -4.81. The molecule has 0 atom stereocenters. The average Bonchev–Trinajstić information content (AvgIpc) is 3.24. The molecule has 0 radical (unpaired) electrons. The van der Waals surface area contributed by atoms with Crippen LogP contribution in [0, 0.1) is 13.8 Å². The van der Waals surface area contributed by atoms with Crippen molar-refractivity contribution in [2.24, 2.45) is 0 Å². The summed E-state index contributed by atoms with van der Waals surface area (Å²) in [4.78, 5) is 28.2. The minimum absolute atomic E-state index is 0.0164. The maximum Gasteiger partial charge on any atom is 0.573 e. The zero-order chi connectivity index (χ0) is 21.9. The van der Waals surface area contributed by atoms with E-state index in [1.54, 1.807) is 13.8 Å². The van der Waals surface area contributed by atoms with Crippen LogP contribution in [0.15, 0.2) is 39.5 Å². The third-order valence-corrected chi connectivity index (χ3v) is 3.85. The summed E-state index contributed by atoms with van der Waals surface area (Å²) in [5.41, 5.74) is 1.29. The van der Waals surface area contributed by atoms with Crippen molar-refractivity contribution in [3.05, 3.63) is 53.2 Å². The van der Waals surface area contributed by atoms with Crippen molar-refractivity contribution in [2.45, 2.75) is 26.6 Å². The molecule has 0 unspecified atom stereocenters. The number of carbonyl (C=O) groups is 2. The van der Waals surface area contributed by atoms with Crippen LogP contribution in [-0.4, -0.2) is 28.3 Å². The summed E-state index contributed by atoms with van der Waals surface area (Å²) in [6, 6.07) is 4.36. The number of rotatable bonds is 6. The minimum Gasteiger partial charge on any atom is -0.431 e. The number of aryl methyl sites for hydroxylation is 2. The number of oxazole rings is 1. The molecule has 0 saturated heterocycles. The van der Waals surface area contributed by atoms with Crippen molar-refractivity contribution in [1.29, 1.82) is 0 Å². The summed E-state index contributed by atoms with van der Waals surface area (Å²) in [7, 11) is 0. The maximum absolute atomic E-state index is 12.2. The second-order valence-electron chi connectivity index (χ2n) is 6.09. The molecule has 0 bridgehead atoms. The lowest BCUT2D eigenvalue weighted by molar-refractivity contribution is -0.274. The van der Waals surface area contributed by atoms with Crippen molar-refractivity contribution >= 4 is 23.5 Å². The van der Waals surface area contributed by atoms with Crippen molar-refractivity contribution in [3.63, 3.8) is 0 Å². The van der Waals surface area contributed by atoms with Crippen LogP contribution < -0.4 is 15.4 Å². The van der Waals surface area contributed by atoms with Crippen molar-refractivity contribution in [2.75, 3.05) is 10.6 Å². The van der Waals surface area contributed by atoms with E-state index in [4.69, 9.17) is 8.94 Å². The van der Waals surface area contributed by atoms with E-state index in [0.29, 0.717) is 17.0 Å². The maximum atomic E-state index is 12.2. The third-order valence-electron chi connectivity index (χ3n) is 3.85. The molecule has 9 nitrogen and oxygen atoms in total. The fraction of sp³-hybridized carbons (Fsp3) is 0.222. The van der Waals surface area contributed by atoms with Crippen LogP contribution in [0.2, 0.25) is 0 Å². The van der Waals surface area contributed by atoms with Gasteiger partial charge in [-0.3, -0.25) is 14.9 Å². The molecular weight excluding hydrogens is 409 g/mol. The fourth-order valence-corrected chi connectivity index (χ4v) is 2.45. The summed E-state index contributed by atoms with van der Waals surface area (Å²) < 4.78 is 50.3. The Bertz CT molecular complexity index is 1040. The Morgan fingerprint density at radius 2 is 1.83 bits per heavy atom. The molecule has 0 saturated carbocycles. The smallest absolute Gasteiger partial charge is 0.431 e. The average molecular weight is 424 g/mol. The number of nitrogens with zero attached hydrogens (tertiary/aromatic N) is 2. The van der Waals surface area contributed by atoms with Crippen molar-refractivity contribution in [1.82, 2.24) is 10.1 Å². The van der Waals surface area contributed by atoms with E-state index in [9.17, 15) is 22.8 Å². The first kappa shape index (κ1) is 20.9. The molecule has 0 aliphatic rings. The first-order valence-electron chi connectivity index (χ1n) is 8.45. The Labute approximate surface area is 167 Å². The van der Waals surface area contributed by atoms with Crippen molar-refractivity contribution in [3.8, 4) is 5.75 Å². The number of hydrogen-bond acceptors (Lipinski definition) is 7. The molecule has 158 valence electrons. The van der Waals surface area contributed by atoms with Crippen LogP contribution in [0.5, 0.6) is 5.75 Å². The standard InChI is InChI=1S/C18H15F3N4O5/c1-9-13(10(2)30-25-9)7-15(26)24-17-23-14(8-28-17)16(27)22-11-3-5-12(6-4-11)29-18(19,20)21/h3-6,8H,7H2,1-2H3,(H,22,27)(H,23,24,26). The number of amides is 2. The summed E-state index contributed by atoms with van der Waals surface area (Å²) >= 11 is 0. The van der Waals surface area contributed by atoms with Gasteiger partial charge in [0, 0.05) is 11.3 Å². The summed E-state index contributed by atoms with van der Waals surface area (Å²) in [6.45, 7) is 3.38. The molecule has 0 spiro atoms. The lowest BCUT2D eigenvalue weighted by Crippen LogP contribution is -2.17. The molecule has 12 heteroatoms. The van der Waals surface area contributed by atoms with E-state index in [2.05, 4.69) is 25.5 Å². The highest BCUT2D eigenvalue weighted by molar-refractivity contribution is 6.03. The molecule has 2 heterocycles. The second kappa shape index (κ2) is 8.27. The molecule has 2 N–H and O–H groups in total. The Morgan fingerprint density at radius 3 is 2.43 bits per heavy atom. The Balaban J connectivity index is 1.57. The molecule has 1 aromatic carbocycles. The molecule has 0 aliphatic carbocycles. The molecule has 2 amide bonds. The van der Waals surface area contributed by atoms with Gasteiger partial charge in [-0.1, -0.05) is 5.16 Å². The van der Waals surface area contributed by atoms with Gasteiger partial charge in [0.15, 0.2) is 5.69 Å². The SMILES string of the molecule is Cc1noc(C)c1CC(=O)Nc1nc(C(=O)Nc2ccc(OC(F)(F)F)cc2)co1. The van der Waals surface area contributed by atoms with E-state index in [1.165, 1.54) is 12.1 Å². The number of ether oxygens (including phenoxy) is 1. The number of benzene rings is 1. The van der Waals surface area contributed by atoms with Gasteiger partial charge >= 0.3 is 12.4 Å². The van der Waals surface area contributed by atoms with E-state index >= 15 is 0 Å². The highest BCUT2D eigenvalue weighted by atomic mass is 19.4. The van der Waals surface area contributed by atoms with Gasteiger partial charge in [-0.2, -0.15) is 4.98 Å². The van der Waals surface area contributed by atoms with Crippen LogP contribution in [-0.2, 0) is 11.2 Å². The number of nitrogens with one attached hydrogen (secondary N) is 2. The Hall–Kier alpha value is -3.83. The molecule has 3 rings (SSSR count). The summed E-state index contributed by atoms with van der Waals surface area (Å²) in [5.74, 6) is -1.04. The van der Waals surface area contributed by atoms with E-state index in [-0.39, 0.29) is 23.8 Å². The largest absolute Gasteiger partial charge is 0.573 e. The lowest BCUT2D eigenvalue weighted by atomic mass is 10.1. The van der Waals surface area contributed by atoms with Crippen LogP contribution in [0.3, 0.4) is 0 Å². The highest BCUT2D eigenvalue weighted by Gasteiger charge is 2.31. The number of hydrogen-bond donors (Lipinski definition) is 2. The van der Waals surface area contributed by atoms with E-state index in [0.717, 1.165) is 18.4 Å². The molecule has 30 heavy (non-hydrogen) atoms. The zero-order valence-corrected chi connectivity index (χ0v) is 15.7.